The molecule has 3 fully saturated rings. The van der Waals surface area contributed by atoms with Crippen LogP contribution in [0.15, 0.2) is 36.0 Å². The molecule has 2 N–H and O–H groups in total. The van der Waals surface area contributed by atoms with Gasteiger partial charge in [0.05, 0.1) is 18.1 Å². The van der Waals surface area contributed by atoms with Crippen molar-refractivity contribution in [2.24, 2.45) is 17.3 Å². The van der Waals surface area contributed by atoms with E-state index in [-0.39, 0.29) is 12.0 Å². The Bertz CT molecular complexity index is 707. The summed E-state index contributed by atoms with van der Waals surface area (Å²) in [5, 5.41) is 20.9. The van der Waals surface area contributed by atoms with E-state index in [1.807, 2.05) is 6.92 Å². The van der Waals surface area contributed by atoms with Gasteiger partial charge < -0.3 is 19.7 Å². The molecule has 1 aliphatic heterocycles. The van der Waals surface area contributed by atoms with Crippen LogP contribution >= 0.6 is 0 Å². The molecule has 6 heteroatoms. The van der Waals surface area contributed by atoms with Crippen LogP contribution in [0, 0.1) is 17.3 Å². The van der Waals surface area contributed by atoms with Crippen LogP contribution in [-0.2, 0) is 19.1 Å². The molecular formula is C20H26O6. The maximum atomic E-state index is 12.3. The lowest BCUT2D eigenvalue weighted by Crippen LogP contribution is -2.60. The van der Waals surface area contributed by atoms with E-state index in [0.717, 1.165) is 0 Å². The van der Waals surface area contributed by atoms with Gasteiger partial charge in [0.2, 0.25) is 0 Å². The number of ether oxygens (including phenoxy) is 2. The third kappa shape index (κ3) is 2.63. The van der Waals surface area contributed by atoms with Crippen LogP contribution in [-0.4, -0.2) is 46.6 Å². The number of aliphatic hydroxyl groups excluding tert-OH is 2. The van der Waals surface area contributed by atoms with E-state index >= 15 is 0 Å². The smallest absolute Gasteiger partial charge is 0.334 e. The number of fused-ring (bicyclic) bond motifs is 3. The molecule has 142 valence electrons. The van der Waals surface area contributed by atoms with Crippen molar-refractivity contribution in [3.63, 3.8) is 0 Å². The number of esters is 2. The van der Waals surface area contributed by atoms with Crippen LogP contribution in [0.3, 0.4) is 0 Å². The molecule has 3 aliphatic rings. The molecule has 26 heavy (non-hydrogen) atoms. The van der Waals surface area contributed by atoms with Gasteiger partial charge in [0.1, 0.15) is 12.2 Å². The van der Waals surface area contributed by atoms with Crippen molar-refractivity contribution in [2.75, 3.05) is 0 Å². The molecule has 0 spiro atoms. The molecule has 2 saturated carbocycles. The molecule has 0 aromatic rings. The molecule has 7 atom stereocenters. The van der Waals surface area contributed by atoms with Gasteiger partial charge in [-0.2, -0.15) is 0 Å². The first-order chi connectivity index (χ1) is 12.1. The summed E-state index contributed by atoms with van der Waals surface area (Å²) >= 11 is 0. The average Bonchev–Trinajstić information content (AvgIpc) is 2.87. The zero-order valence-electron chi connectivity index (χ0n) is 15.4. The van der Waals surface area contributed by atoms with Gasteiger partial charge in [0, 0.05) is 28.9 Å². The lowest BCUT2D eigenvalue weighted by molar-refractivity contribution is -0.181. The third-order valence-corrected chi connectivity index (χ3v) is 6.39. The van der Waals surface area contributed by atoms with Crippen molar-refractivity contribution < 1.29 is 29.3 Å². The van der Waals surface area contributed by atoms with Crippen LogP contribution in [0.25, 0.3) is 0 Å². The van der Waals surface area contributed by atoms with Crippen LogP contribution < -0.4 is 0 Å². The Kier molecular flexibility index (Phi) is 4.61. The molecule has 2 aliphatic carbocycles. The minimum atomic E-state index is -0.860. The first-order valence-corrected chi connectivity index (χ1v) is 8.90. The number of hydrogen-bond acceptors (Lipinski definition) is 6. The highest BCUT2D eigenvalue weighted by molar-refractivity contribution is 5.92. The van der Waals surface area contributed by atoms with Gasteiger partial charge in [-0.25, -0.2) is 9.59 Å². The van der Waals surface area contributed by atoms with E-state index in [4.69, 9.17) is 9.47 Å². The second-order valence-electron chi connectivity index (χ2n) is 7.87. The van der Waals surface area contributed by atoms with Crippen molar-refractivity contribution in [1.29, 1.82) is 0 Å². The molecule has 0 unspecified atom stereocenters. The first-order valence-electron chi connectivity index (χ1n) is 8.90. The fourth-order valence-corrected chi connectivity index (χ4v) is 4.66. The van der Waals surface area contributed by atoms with E-state index < -0.39 is 53.6 Å². The summed E-state index contributed by atoms with van der Waals surface area (Å²) in [4.78, 5) is 24.5. The number of aliphatic hydroxyl groups is 2. The Morgan fingerprint density at radius 3 is 2.65 bits per heavy atom. The lowest BCUT2D eigenvalue weighted by Gasteiger charge is -2.55. The molecule has 6 nitrogen and oxygen atoms in total. The van der Waals surface area contributed by atoms with Gasteiger partial charge >= 0.3 is 11.9 Å². The maximum Gasteiger partial charge on any atom is 0.334 e. The van der Waals surface area contributed by atoms with Gasteiger partial charge in [0.25, 0.3) is 0 Å². The highest BCUT2D eigenvalue weighted by Gasteiger charge is 2.63. The SMILES string of the molecule is C=C1C(=O)O[C@H]2[C@H]1[C@H](OC(=O)/C(C)=C\C)C[C@@]1(C)[C@H](O)C[C@H](O)C(=C)[C@H]21. The van der Waals surface area contributed by atoms with E-state index in [1.54, 1.807) is 19.9 Å². The van der Waals surface area contributed by atoms with E-state index in [0.29, 0.717) is 17.6 Å². The fourth-order valence-electron chi connectivity index (χ4n) is 4.66. The van der Waals surface area contributed by atoms with Gasteiger partial charge in [-0.3, -0.25) is 0 Å². The Balaban J connectivity index is 2.01. The minimum absolute atomic E-state index is 0.159. The fraction of sp³-hybridized carbons (Fsp3) is 0.600. The van der Waals surface area contributed by atoms with Crippen LogP contribution in [0.1, 0.15) is 33.6 Å². The summed E-state index contributed by atoms with van der Waals surface area (Å²) in [6, 6.07) is 0. The molecule has 0 amide bonds. The Labute approximate surface area is 153 Å². The molecule has 0 radical (unpaired) electrons. The lowest BCUT2D eigenvalue weighted by atomic mass is 9.53. The molecule has 0 aromatic heterocycles. The third-order valence-electron chi connectivity index (χ3n) is 6.39. The van der Waals surface area contributed by atoms with Crippen molar-refractivity contribution in [2.45, 2.75) is 58.0 Å². The number of hydrogen-bond donors (Lipinski definition) is 2. The van der Waals surface area contributed by atoms with Crippen molar-refractivity contribution in [3.8, 4) is 0 Å². The standard InChI is InChI=1S/C20H26O6/c1-6-9(2)18(23)25-13-8-20(5)14(22)7-12(21)10(3)16(20)17-15(13)11(4)19(24)26-17/h6,12-17,21-22H,3-4,7-8H2,1-2,5H3/b9-6-/t12-,13+,14+,15+,16+,17-,20-/m0/s1. The summed E-state index contributed by atoms with van der Waals surface area (Å²) in [5.74, 6) is -1.93. The van der Waals surface area contributed by atoms with Crippen molar-refractivity contribution in [3.05, 3.63) is 36.0 Å². The predicted octanol–water partition coefficient (Wildman–Crippen LogP) is 1.67. The quantitative estimate of drug-likeness (QED) is 0.441. The van der Waals surface area contributed by atoms with Gasteiger partial charge in [-0.15, -0.1) is 0 Å². The van der Waals surface area contributed by atoms with Gasteiger partial charge in [0.15, 0.2) is 0 Å². The number of rotatable bonds is 2. The van der Waals surface area contributed by atoms with Gasteiger partial charge in [-0.1, -0.05) is 26.2 Å². The summed E-state index contributed by atoms with van der Waals surface area (Å²) in [7, 11) is 0. The second-order valence-corrected chi connectivity index (χ2v) is 7.87. The summed E-state index contributed by atoms with van der Waals surface area (Å²) in [6.45, 7) is 13.1. The second kappa shape index (κ2) is 6.35. The molecule has 3 rings (SSSR count). The molecular weight excluding hydrogens is 336 g/mol. The van der Waals surface area contributed by atoms with Crippen molar-refractivity contribution in [1.82, 2.24) is 0 Å². The predicted molar refractivity (Wildman–Crippen MR) is 93.8 cm³/mol. The largest absolute Gasteiger partial charge is 0.458 e. The van der Waals surface area contributed by atoms with Gasteiger partial charge in [-0.05, 0) is 25.8 Å². The molecule has 0 bridgehead atoms. The highest BCUT2D eigenvalue weighted by Crippen LogP contribution is 2.57. The Hall–Kier alpha value is -1.92. The van der Waals surface area contributed by atoms with Crippen LogP contribution in [0.4, 0.5) is 0 Å². The average molecular weight is 362 g/mol. The monoisotopic (exact) mass is 362 g/mol. The number of carbonyl (C=O) groups excluding carboxylic acids is 2. The van der Waals surface area contributed by atoms with Crippen molar-refractivity contribution >= 4 is 11.9 Å². The summed E-state index contributed by atoms with van der Waals surface area (Å²) in [6.07, 6.45) is -0.830. The van der Waals surface area contributed by atoms with E-state index in [2.05, 4.69) is 13.2 Å². The molecule has 1 heterocycles. The summed E-state index contributed by atoms with van der Waals surface area (Å²) < 4.78 is 11.2. The Morgan fingerprint density at radius 2 is 2.04 bits per heavy atom. The van der Waals surface area contributed by atoms with Crippen LogP contribution in [0.5, 0.6) is 0 Å². The number of allylic oxidation sites excluding steroid dienone is 1. The maximum absolute atomic E-state index is 12.3. The molecule has 0 aromatic carbocycles. The zero-order chi connectivity index (χ0) is 19.4. The van der Waals surface area contributed by atoms with Crippen LogP contribution in [0.2, 0.25) is 0 Å². The minimum Gasteiger partial charge on any atom is -0.458 e. The Morgan fingerprint density at radius 1 is 1.38 bits per heavy atom. The van der Waals surface area contributed by atoms with E-state index in [1.165, 1.54) is 0 Å². The first kappa shape index (κ1) is 18.9. The zero-order valence-corrected chi connectivity index (χ0v) is 15.4. The molecule has 1 saturated heterocycles. The van der Waals surface area contributed by atoms with E-state index in [9.17, 15) is 19.8 Å². The number of carbonyl (C=O) groups is 2. The topological polar surface area (TPSA) is 93.1 Å². The highest BCUT2D eigenvalue weighted by atomic mass is 16.6. The summed E-state index contributed by atoms with van der Waals surface area (Å²) in [5.41, 5.74) is 0.547. The normalized spacial score (nSPS) is 42.8.